The second kappa shape index (κ2) is 7.96. The van der Waals surface area contributed by atoms with E-state index in [9.17, 15) is 4.79 Å². The second-order valence-electron chi connectivity index (χ2n) is 6.34. The maximum atomic E-state index is 12.5. The van der Waals surface area contributed by atoms with Gasteiger partial charge in [-0.25, -0.2) is 9.97 Å². The van der Waals surface area contributed by atoms with Gasteiger partial charge in [0.15, 0.2) is 0 Å². The van der Waals surface area contributed by atoms with Crippen molar-refractivity contribution in [1.29, 1.82) is 0 Å². The lowest BCUT2D eigenvalue weighted by atomic mass is 10.2. The summed E-state index contributed by atoms with van der Waals surface area (Å²) < 4.78 is 5.31. The molecule has 1 saturated carbocycles. The third-order valence-corrected chi connectivity index (χ3v) is 4.41. The molecule has 1 heterocycles. The number of rotatable bonds is 6. The summed E-state index contributed by atoms with van der Waals surface area (Å²) in [5.74, 6) is 1.07. The summed E-state index contributed by atoms with van der Waals surface area (Å²) in [5, 5.41) is 6.25. The van der Waals surface area contributed by atoms with Crippen LogP contribution in [-0.4, -0.2) is 29.0 Å². The molecule has 6 nitrogen and oxygen atoms in total. The minimum atomic E-state index is -0.217. The first kappa shape index (κ1) is 17.2. The van der Waals surface area contributed by atoms with Crippen LogP contribution in [0.5, 0.6) is 5.75 Å². The fraction of sp³-hybridized carbons (Fsp3) is 0.421. The van der Waals surface area contributed by atoms with Crippen LogP contribution in [0, 0.1) is 6.92 Å². The van der Waals surface area contributed by atoms with Gasteiger partial charge in [-0.15, -0.1) is 0 Å². The summed E-state index contributed by atoms with van der Waals surface area (Å²) in [6.07, 6.45) is 4.73. The lowest BCUT2D eigenvalue weighted by Gasteiger charge is -2.13. The lowest BCUT2D eigenvalue weighted by Crippen LogP contribution is -2.25. The zero-order valence-corrected chi connectivity index (χ0v) is 14.7. The Balaban J connectivity index is 1.67. The van der Waals surface area contributed by atoms with Crippen molar-refractivity contribution >= 4 is 11.9 Å². The summed E-state index contributed by atoms with van der Waals surface area (Å²) in [7, 11) is 1.62. The van der Waals surface area contributed by atoms with E-state index in [4.69, 9.17) is 4.74 Å². The standard InChI is InChI=1S/C19H24N4O2/c1-13-11-16(23-19(21-13)22-15-8-4-5-9-15)18(24)20-12-14-7-3-6-10-17(14)25-2/h3,6-7,10-11,15H,4-5,8-9,12H2,1-2H3,(H,20,24)(H,21,22,23). The van der Waals surface area contributed by atoms with Crippen LogP contribution in [0.25, 0.3) is 0 Å². The number of hydrogen-bond acceptors (Lipinski definition) is 5. The molecule has 6 heteroatoms. The van der Waals surface area contributed by atoms with Crippen molar-refractivity contribution in [3.63, 3.8) is 0 Å². The van der Waals surface area contributed by atoms with E-state index in [0.29, 0.717) is 24.2 Å². The van der Waals surface area contributed by atoms with Crippen molar-refractivity contribution < 1.29 is 9.53 Å². The minimum absolute atomic E-state index is 0.217. The van der Waals surface area contributed by atoms with Gasteiger partial charge in [0, 0.05) is 23.8 Å². The van der Waals surface area contributed by atoms with E-state index in [0.717, 1.165) is 29.8 Å². The Bertz CT molecular complexity index is 742. The molecule has 132 valence electrons. The van der Waals surface area contributed by atoms with Gasteiger partial charge in [-0.05, 0) is 31.9 Å². The molecule has 1 fully saturated rings. The van der Waals surface area contributed by atoms with E-state index in [1.165, 1.54) is 12.8 Å². The zero-order valence-electron chi connectivity index (χ0n) is 14.7. The second-order valence-corrected chi connectivity index (χ2v) is 6.34. The van der Waals surface area contributed by atoms with Gasteiger partial charge < -0.3 is 15.4 Å². The molecule has 0 radical (unpaired) electrons. The Morgan fingerprint density at radius 3 is 2.76 bits per heavy atom. The van der Waals surface area contributed by atoms with Gasteiger partial charge in [0.25, 0.3) is 5.91 Å². The Kier molecular flexibility index (Phi) is 5.48. The SMILES string of the molecule is COc1ccccc1CNC(=O)c1cc(C)nc(NC2CCCC2)n1. The first-order valence-corrected chi connectivity index (χ1v) is 8.68. The predicted molar refractivity (Wildman–Crippen MR) is 96.8 cm³/mol. The van der Waals surface area contributed by atoms with Crippen LogP contribution in [0.2, 0.25) is 0 Å². The number of carbonyl (C=O) groups is 1. The van der Waals surface area contributed by atoms with Crippen LogP contribution in [0.15, 0.2) is 30.3 Å². The number of methoxy groups -OCH3 is 1. The van der Waals surface area contributed by atoms with Gasteiger partial charge in [-0.3, -0.25) is 4.79 Å². The molecule has 0 bridgehead atoms. The van der Waals surface area contributed by atoms with Crippen molar-refractivity contribution in [1.82, 2.24) is 15.3 Å². The van der Waals surface area contributed by atoms with Gasteiger partial charge in [0.2, 0.25) is 5.95 Å². The summed E-state index contributed by atoms with van der Waals surface area (Å²) in [4.78, 5) is 21.3. The summed E-state index contributed by atoms with van der Waals surface area (Å²) in [5.41, 5.74) is 2.08. The van der Waals surface area contributed by atoms with Crippen LogP contribution >= 0.6 is 0 Å². The van der Waals surface area contributed by atoms with E-state index >= 15 is 0 Å². The highest BCUT2D eigenvalue weighted by Crippen LogP contribution is 2.21. The minimum Gasteiger partial charge on any atom is -0.496 e. The normalized spacial score (nSPS) is 14.3. The first-order chi connectivity index (χ1) is 12.2. The molecule has 0 saturated heterocycles. The van der Waals surface area contributed by atoms with Crippen molar-refractivity contribution in [2.75, 3.05) is 12.4 Å². The lowest BCUT2D eigenvalue weighted by molar-refractivity contribution is 0.0945. The Labute approximate surface area is 148 Å². The predicted octanol–water partition coefficient (Wildman–Crippen LogP) is 3.08. The number of aryl methyl sites for hydroxylation is 1. The number of carbonyl (C=O) groups excluding carboxylic acids is 1. The van der Waals surface area contributed by atoms with E-state index in [1.54, 1.807) is 13.2 Å². The Morgan fingerprint density at radius 2 is 2.00 bits per heavy atom. The number of ether oxygens (including phenoxy) is 1. The van der Waals surface area contributed by atoms with Crippen molar-refractivity contribution in [2.24, 2.45) is 0 Å². The third kappa shape index (κ3) is 4.47. The van der Waals surface area contributed by atoms with Crippen LogP contribution in [0.4, 0.5) is 5.95 Å². The van der Waals surface area contributed by atoms with Gasteiger partial charge in [-0.1, -0.05) is 31.0 Å². The Hall–Kier alpha value is -2.63. The van der Waals surface area contributed by atoms with E-state index in [-0.39, 0.29) is 5.91 Å². The maximum absolute atomic E-state index is 12.5. The molecule has 1 aromatic heterocycles. The number of aromatic nitrogens is 2. The fourth-order valence-electron chi connectivity index (χ4n) is 3.12. The number of nitrogens with one attached hydrogen (secondary N) is 2. The quantitative estimate of drug-likeness (QED) is 0.845. The highest BCUT2D eigenvalue weighted by molar-refractivity contribution is 5.92. The smallest absolute Gasteiger partial charge is 0.270 e. The number of amides is 1. The van der Waals surface area contributed by atoms with Gasteiger partial charge in [-0.2, -0.15) is 0 Å². The third-order valence-electron chi connectivity index (χ3n) is 4.41. The number of para-hydroxylation sites is 1. The van der Waals surface area contributed by atoms with E-state index < -0.39 is 0 Å². The molecular formula is C19H24N4O2. The average Bonchev–Trinajstić information content (AvgIpc) is 3.12. The fourth-order valence-corrected chi connectivity index (χ4v) is 3.12. The zero-order chi connectivity index (χ0) is 17.6. The summed E-state index contributed by atoms with van der Waals surface area (Å²) >= 11 is 0. The average molecular weight is 340 g/mol. The molecule has 1 aromatic carbocycles. The van der Waals surface area contributed by atoms with Crippen LogP contribution in [-0.2, 0) is 6.54 Å². The van der Waals surface area contributed by atoms with Crippen LogP contribution in [0.1, 0.15) is 47.4 Å². The molecule has 0 aliphatic heterocycles. The molecule has 1 aliphatic carbocycles. The molecule has 1 amide bonds. The van der Waals surface area contributed by atoms with Crippen molar-refractivity contribution in [3.8, 4) is 5.75 Å². The Morgan fingerprint density at radius 1 is 1.24 bits per heavy atom. The van der Waals surface area contributed by atoms with E-state index in [2.05, 4.69) is 20.6 Å². The van der Waals surface area contributed by atoms with Crippen molar-refractivity contribution in [2.45, 2.75) is 45.2 Å². The highest BCUT2D eigenvalue weighted by atomic mass is 16.5. The molecule has 2 aromatic rings. The van der Waals surface area contributed by atoms with Crippen LogP contribution in [0.3, 0.4) is 0 Å². The molecule has 3 rings (SSSR count). The number of benzene rings is 1. The summed E-state index contributed by atoms with van der Waals surface area (Å²) in [6, 6.07) is 9.74. The number of hydrogen-bond donors (Lipinski definition) is 2. The maximum Gasteiger partial charge on any atom is 0.270 e. The molecule has 1 aliphatic rings. The largest absolute Gasteiger partial charge is 0.496 e. The van der Waals surface area contributed by atoms with Crippen LogP contribution < -0.4 is 15.4 Å². The monoisotopic (exact) mass is 340 g/mol. The van der Waals surface area contributed by atoms with Crippen molar-refractivity contribution in [3.05, 3.63) is 47.3 Å². The molecular weight excluding hydrogens is 316 g/mol. The van der Waals surface area contributed by atoms with Gasteiger partial charge >= 0.3 is 0 Å². The number of nitrogens with zero attached hydrogens (tertiary/aromatic N) is 2. The molecule has 2 N–H and O–H groups in total. The van der Waals surface area contributed by atoms with Gasteiger partial charge in [0.05, 0.1) is 7.11 Å². The summed E-state index contributed by atoms with van der Waals surface area (Å²) in [6.45, 7) is 2.26. The topological polar surface area (TPSA) is 76.1 Å². The molecule has 0 atom stereocenters. The highest BCUT2D eigenvalue weighted by Gasteiger charge is 2.17. The number of anilines is 1. The molecule has 0 unspecified atom stereocenters. The van der Waals surface area contributed by atoms with Gasteiger partial charge in [0.1, 0.15) is 11.4 Å². The van der Waals surface area contributed by atoms with E-state index in [1.807, 2.05) is 31.2 Å². The molecule has 25 heavy (non-hydrogen) atoms. The molecule has 0 spiro atoms. The first-order valence-electron chi connectivity index (χ1n) is 8.68.